The van der Waals surface area contributed by atoms with Crippen molar-refractivity contribution in [3.05, 3.63) is 5.01 Å². The predicted molar refractivity (Wildman–Crippen MR) is 85.2 cm³/mol. The molecular weight excluding hydrogens is 322 g/mol. The summed E-state index contributed by atoms with van der Waals surface area (Å²) in [5.74, 6) is -0.451. The third kappa shape index (κ3) is 8.10. The number of hydrogen-bond donors (Lipinski definition) is 3. The summed E-state index contributed by atoms with van der Waals surface area (Å²) in [5.41, 5.74) is 0. The van der Waals surface area contributed by atoms with Gasteiger partial charge in [-0.05, 0) is 13.8 Å². The fourth-order valence-corrected chi connectivity index (χ4v) is 2.28. The molecule has 0 aliphatic rings. The largest absolute Gasteiger partial charge is 0.469 e. The lowest BCUT2D eigenvalue weighted by Gasteiger charge is -2.08. The summed E-state index contributed by atoms with van der Waals surface area (Å²) in [6, 6.07) is -0.390. The predicted octanol–water partition coefficient (Wildman–Crippen LogP) is 0.680. The molecule has 0 spiro atoms. The van der Waals surface area contributed by atoms with Crippen LogP contribution in [0.4, 0.5) is 9.93 Å². The number of carbonyl (C=O) groups is 3. The van der Waals surface area contributed by atoms with Crippen LogP contribution in [-0.2, 0) is 20.7 Å². The summed E-state index contributed by atoms with van der Waals surface area (Å²) in [4.78, 5) is 34.1. The highest BCUT2D eigenvalue weighted by molar-refractivity contribution is 7.15. The zero-order valence-electron chi connectivity index (χ0n) is 13.3. The number of anilines is 1. The minimum Gasteiger partial charge on any atom is -0.469 e. The van der Waals surface area contributed by atoms with Crippen molar-refractivity contribution in [3.8, 4) is 0 Å². The fourth-order valence-electron chi connectivity index (χ4n) is 1.54. The van der Waals surface area contributed by atoms with Gasteiger partial charge >= 0.3 is 12.0 Å². The molecule has 1 aromatic rings. The number of urea groups is 1. The van der Waals surface area contributed by atoms with Gasteiger partial charge in [0, 0.05) is 25.4 Å². The lowest BCUT2D eigenvalue weighted by molar-refractivity contribution is -0.140. The van der Waals surface area contributed by atoms with E-state index >= 15 is 0 Å². The number of aryl methyl sites for hydroxylation is 1. The van der Waals surface area contributed by atoms with E-state index in [-0.39, 0.29) is 37.3 Å². The molecule has 0 unspecified atom stereocenters. The van der Waals surface area contributed by atoms with Crippen LogP contribution < -0.4 is 16.0 Å². The zero-order chi connectivity index (χ0) is 17.2. The summed E-state index contributed by atoms with van der Waals surface area (Å²) in [6.07, 6.45) is 0.817. The average Bonchev–Trinajstić information content (AvgIpc) is 2.91. The number of rotatable bonds is 8. The summed E-state index contributed by atoms with van der Waals surface area (Å²) < 4.78 is 4.54. The number of nitrogens with zero attached hydrogens (tertiary/aromatic N) is 2. The second-order valence-electron chi connectivity index (χ2n) is 4.93. The molecule has 0 bridgehead atoms. The van der Waals surface area contributed by atoms with E-state index in [2.05, 4.69) is 30.9 Å². The Balaban J connectivity index is 2.28. The molecule has 0 aromatic carbocycles. The number of nitrogens with one attached hydrogen (secondary N) is 3. The normalized spacial score (nSPS) is 10.3. The number of esters is 1. The first-order chi connectivity index (χ1) is 10.9. The van der Waals surface area contributed by atoms with Crippen molar-refractivity contribution in [3.63, 3.8) is 0 Å². The molecule has 3 amide bonds. The lowest BCUT2D eigenvalue weighted by atomic mass is 10.3. The van der Waals surface area contributed by atoms with Gasteiger partial charge in [0.1, 0.15) is 5.01 Å². The van der Waals surface area contributed by atoms with Crippen LogP contribution in [0.3, 0.4) is 0 Å². The van der Waals surface area contributed by atoms with Crippen LogP contribution in [0.15, 0.2) is 0 Å². The molecule has 0 atom stereocenters. The summed E-state index contributed by atoms with van der Waals surface area (Å²) in [7, 11) is 1.32. The van der Waals surface area contributed by atoms with Crippen LogP contribution in [0, 0.1) is 0 Å². The minimum absolute atomic E-state index is 0.0705. The van der Waals surface area contributed by atoms with E-state index in [4.69, 9.17) is 0 Å². The van der Waals surface area contributed by atoms with Crippen molar-refractivity contribution >= 4 is 34.4 Å². The van der Waals surface area contributed by atoms with Crippen LogP contribution >= 0.6 is 11.3 Å². The van der Waals surface area contributed by atoms with Gasteiger partial charge in [0.25, 0.3) is 0 Å². The molecule has 1 aromatic heterocycles. The van der Waals surface area contributed by atoms with E-state index in [1.54, 1.807) is 0 Å². The Morgan fingerprint density at radius 2 is 1.96 bits per heavy atom. The van der Waals surface area contributed by atoms with Crippen LogP contribution in [-0.4, -0.2) is 47.8 Å². The molecule has 128 valence electrons. The fraction of sp³-hybridized carbons (Fsp3) is 0.615. The van der Waals surface area contributed by atoms with Gasteiger partial charge in [0.2, 0.25) is 11.0 Å². The van der Waals surface area contributed by atoms with Crippen LogP contribution in [0.1, 0.15) is 31.7 Å². The van der Waals surface area contributed by atoms with Gasteiger partial charge in [-0.2, -0.15) is 0 Å². The molecular formula is C13H21N5O4S. The molecule has 0 saturated carbocycles. The summed E-state index contributed by atoms with van der Waals surface area (Å²) >= 11 is 1.18. The molecule has 23 heavy (non-hydrogen) atoms. The molecule has 0 fully saturated rings. The van der Waals surface area contributed by atoms with Gasteiger partial charge in [0.05, 0.1) is 13.5 Å². The van der Waals surface area contributed by atoms with Gasteiger partial charge in [-0.3, -0.25) is 14.9 Å². The maximum absolute atomic E-state index is 11.6. The molecule has 10 heteroatoms. The number of hydrogen-bond acceptors (Lipinski definition) is 7. The Morgan fingerprint density at radius 1 is 1.22 bits per heavy atom. The molecule has 0 aliphatic heterocycles. The standard InChI is InChI=1S/C13H21N5O4S/c1-8(2)15-9(19)6-7-14-12(21)16-13-18-17-10(23-13)4-5-11(20)22-3/h8H,4-7H2,1-3H3,(H,15,19)(H2,14,16,18,21). The highest BCUT2D eigenvalue weighted by atomic mass is 32.1. The van der Waals surface area contributed by atoms with Crippen molar-refractivity contribution in [1.82, 2.24) is 20.8 Å². The molecule has 0 saturated heterocycles. The Morgan fingerprint density at radius 3 is 2.61 bits per heavy atom. The van der Waals surface area contributed by atoms with Gasteiger partial charge in [-0.1, -0.05) is 11.3 Å². The minimum atomic E-state index is -0.460. The number of ether oxygens (including phenoxy) is 1. The van der Waals surface area contributed by atoms with Crippen molar-refractivity contribution < 1.29 is 19.1 Å². The lowest BCUT2D eigenvalue weighted by Crippen LogP contribution is -2.35. The van der Waals surface area contributed by atoms with Crippen LogP contribution in [0.5, 0.6) is 0 Å². The van der Waals surface area contributed by atoms with Gasteiger partial charge < -0.3 is 15.4 Å². The van der Waals surface area contributed by atoms with E-state index < -0.39 is 6.03 Å². The van der Waals surface area contributed by atoms with Gasteiger partial charge in [-0.25, -0.2) is 4.79 Å². The zero-order valence-corrected chi connectivity index (χ0v) is 14.2. The van der Waals surface area contributed by atoms with E-state index in [9.17, 15) is 14.4 Å². The van der Waals surface area contributed by atoms with Crippen molar-refractivity contribution in [1.29, 1.82) is 0 Å². The highest BCUT2D eigenvalue weighted by Crippen LogP contribution is 2.16. The number of aromatic nitrogens is 2. The van der Waals surface area contributed by atoms with E-state index in [1.807, 2.05) is 13.8 Å². The second-order valence-corrected chi connectivity index (χ2v) is 5.99. The first-order valence-corrected chi connectivity index (χ1v) is 7.95. The molecule has 1 rings (SSSR count). The molecule has 9 nitrogen and oxygen atoms in total. The van der Waals surface area contributed by atoms with Crippen molar-refractivity contribution in [2.24, 2.45) is 0 Å². The van der Waals surface area contributed by atoms with E-state index in [0.717, 1.165) is 0 Å². The summed E-state index contributed by atoms with van der Waals surface area (Å²) in [5, 5.41) is 16.4. The van der Waals surface area contributed by atoms with Gasteiger partial charge in [0.15, 0.2) is 0 Å². The maximum Gasteiger partial charge on any atom is 0.321 e. The van der Waals surface area contributed by atoms with E-state index in [1.165, 1.54) is 18.4 Å². The maximum atomic E-state index is 11.6. The molecule has 0 radical (unpaired) electrons. The Labute approximate surface area is 138 Å². The third-order valence-corrected chi connectivity index (χ3v) is 3.44. The van der Waals surface area contributed by atoms with Gasteiger partial charge in [-0.15, -0.1) is 10.2 Å². The first kappa shape index (κ1) is 18.8. The Bertz CT molecular complexity index is 546. The highest BCUT2D eigenvalue weighted by Gasteiger charge is 2.10. The SMILES string of the molecule is COC(=O)CCc1nnc(NC(=O)NCCC(=O)NC(C)C)s1. The van der Waals surface area contributed by atoms with Crippen LogP contribution in [0.25, 0.3) is 0 Å². The average molecular weight is 343 g/mol. The van der Waals surface area contributed by atoms with Crippen molar-refractivity contribution in [2.75, 3.05) is 19.0 Å². The monoisotopic (exact) mass is 343 g/mol. The smallest absolute Gasteiger partial charge is 0.321 e. The summed E-state index contributed by atoms with van der Waals surface area (Å²) in [6.45, 7) is 3.95. The molecule has 1 heterocycles. The third-order valence-electron chi connectivity index (χ3n) is 2.55. The van der Waals surface area contributed by atoms with Crippen molar-refractivity contribution in [2.45, 2.75) is 39.2 Å². The Kier molecular flexibility index (Phi) is 7.95. The second kappa shape index (κ2) is 9.72. The quantitative estimate of drug-likeness (QED) is 0.597. The molecule has 3 N–H and O–H groups in total. The number of carbonyl (C=O) groups excluding carboxylic acids is 3. The van der Waals surface area contributed by atoms with E-state index in [0.29, 0.717) is 16.6 Å². The number of methoxy groups -OCH3 is 1. The number of amides is 3. The first-order valence-electron chi connectivity index (χ1n) is 7.14. The topological polar surface area (TPSA) is 122 Å². The Hall–Kier alpha value is -2.23. The van der Waals surface area contributed by atoms with Crippen LogP contribution in [0.2, 0.25) is 0 Å². The molecule has 0 aliphatic carbocycles.